The number of para-hydroxylation sites is 1. The van der Waals surface area contributed by atoms with Crippen LogP contribution in [0.4, 0.5) is 10.3 Å². The molecule has 6 nitrogen and oxygen atoms in total. The van der Waals surface area contributed by atoms with Gasteiger partial charge in [0.15, 0.2) is 0 Å². The van der Waals surface area contributed by atoms with Crippen molar-refractivity contribution in [2.24, 2.45) is 0 Å². The van der Waals surface area contributed by atoms with E-state index in [1.807, 2.05) is 18.2 Å². The van der Waals surface area contributed by atoms with Crippen LogP contribution in [0.25, 0.3) is 27.8 Å². The number of nitrogens with zero attached hydrogens (tertiary/aromatic N) is 5. The minimum absolute atomic E-state index is 0.254. The number of halogens is 1. The molecule has 0 amide bonds. The molecule has 0 fully saturated rings. The van der Waals surface area contributed by atoms with Crippen molar-refractivity contribution in [2.75, 3.05) is 11.4 Å². The van der Waals surface area contributed by atoms with E-state index in [9.17, 15) is 4.39 Å². The third-order valence-corrected chi connectivity index (χ3v) is 6.97. The van der Waals surface area contributed by atoms with Gasteiger partial charge in [0.1, 0.15) is 5.82 Å². The number of nitrogens with one attached hydrogen (secondary N) is 1. The van der Waals surface area contributed by atoms with Gasteiger partial charge in [-0.2, -0.15) is 5.10 Å². The van der Waals surface area contributed by atoms with Crippen LogP contribution >= 0.6 is 0 Å². The molecular weight excluding hydrogens is 439 g/mol. The summed E-state index contributed by atoms with van der Waals surface area (Å²) in [5, 5.41) is 6.06. The van der Waals surface area contributed by atoms with E-state index in [1.165, 1.54) is 11.1 Å². The van der Waals surface area contributed by atoms with Crippen LogP contribution in [0.5, 0.6) is 0 Å². The van der Waals surface area contributed by atoms with E-state index in [-0.39, 0.29) is 5.82 Å². The monoisotopic (exact) mass is 466 g/mol. The van der Waals surface area contributed by atoms with Crippen molar-refractivity contribution in [3.05, 3.63) is 89.3 Å². The summed E-state index contributed by atoms with van der Waals surface area (Å²) >= 11 is 0. The molecule has 5 aromatic rings. The van der Waals surface area contributed by atoms with Gasteiger partial charge in [-0.05, 0) is 48.2 Å². The van der Waals surface area contributed by atoms with E-state index < -0.39 is 0 Å². The average Bonchev–Trinajstić information content (AvgIpc) is 3.55. The van der Waals surface area contributed by atoms with E-state index in [0.717, 1.165) is 59.4 Å². The summed E-state index contributed by atoms with van der Waals surface area (Å²) in [6, 6.07) is 13.7. The second-order valence-corrected chi connectivity index (χ2v) is 8.90. The Bertz CT molecular complexity index is 1500. The zero-order valence-electron chi connectivity index (χ0n) is 19.9. The Labute approximate surface area is 203 Å². The van der Waals surface area contributed by atoms with Gasteiger partial charge >= 0.3 is 0 Å². The molecule has 0 radical (unpaired) electrons. The molecule has 2 aromatic carbocycles. The number of rotatable bonds is 5. The van der Waals surface area contributed by atoms with Crippen LogP contribution in [0.2, 0.25) is 0 Å². The molecule has 0 spiro atoms. The lowest BCUT2D eigenvalue weighted by Gasteiger charge is -2.27. The first-order valence-corrected chi connectivity index (χ1v) is 12.2. The summed E-state index contributed by atoms with van der Waals surface area (Å²) in [5.41, 5.74) is 8.36. The fourth-order valence-electron chi connectivity index (χ4n) is 5.25. The van der Waals surface area contributed by atoms with Crippen LogP contribution < -0.4 is 4.90 Å². The SMILES string of the molecule is CCc1cccc(CC)c1-n1nc2c(c1-c1ccc(F)c3[nH]ccc13)CN(c1ncccn1)CC2. The summed E-state index contributed by atoms with van der Waals surface area (Å²) in [6.07, 6.45) is 7.94. The second kappa shape index (κ2) is 8.65. The predicted octanol–water partition coefficient (Wildman–Crippen LogP) is 5.64. The number of benzene rings is 2. The van der Waals surface area contributed by atoms with Gasteiger partial charge in [0.05, 0.1) is 22.6 Å². The van der Waals surface area contributed by atoms with Gasteiger partial charge < -0.3 is 9.88 Å². The molecule has 176 valence electrons. The molecule has 1 aliphatic rings. The highest BCUT2D eigenvalue weighted by Gasteiger charge is 2.29. The maximum atomic E-state index is 14.6. The fraction of sp³-hybridized carbons (Fsp3) is 0.250. The fourth-order valence-corrected chi connectivity index (χ4v) is 5.25. The molecule has 1 N–H and O–H groups in total. The molecule has 7 heteroatoms. The van der Waals surface area contributed by atoms with Crippen molar-refractivity contribution >= 4 is 16.9 Å². The second-order valence-electron chi connectivity index (χ2n) is 8.90. The first kappa shape index (κ1) is 21.5. The molecule has 1 aliphatic heterocycles. The van der Waals surface area contributed by atoms with Crippen molar-refractivity contribution in [1.82, 2.24) is 24.7 Å². The third-order valence-electron chi connectivity index (χ3n) is 6.97. The number of hydrogen-bond acceptors (Lipinski definition) is 4. The van der Waals surface area contributed by atoms with Gasteiger partial charge in [0, 0.05) is 54.6 Å². The van der Waals surface area contributed by atoms with Crippen LogP contribution in [-0.4, -0.2) is 31.3 Å². The van der Waals surface area contributed by atoms with Crippen molar-refractivity contribution in [1.29, 1.82) is 0 Å². The minimum atomic E-state index is -0.254. The summed E-state index contributed by atoms with van der Waals surface area (Å²) in [7, 11) is 0. The number of H-pyrrole nitrogens is 1. The zero-order valence-corrected chi connectivity index (χ0v) is 19.9. The number of aromatic amines is 1. The molecule has 0 atom stereocenters. The zero-order chi connectivity index (χ0) is 23.9. The number of fused-ring (bicyclic) bond motifs is 2. The van der Waals surface area contributed by atoms with Gasteiger partial charge in [-0.25, -0.2) is 19.0 Å². The maximum Gasteiger partial charge on any atom is 0.225 e. The van der Waals surface area contributed by atoms with E-state index in [2.05, 4.69) is 56.6 Å². The molecule has 0 aliphatic carbocycles. The highest BCUT2D eigenvalue weighted by molar-refractivity contribution is 5.96. The van der Waals surface area contributed by atoms with Crippen molar-refractivity contribution in [3.8, 4) is 16.9 Å². The first-order chi connectivity index (χ1) is 17.2. The maximum absolute atomic E-state index is 14.6. The Balaban J connectivity index is 1.63. The molecule has 0 saturated carbocycles. The van der Waals surface area contributed by atoms with Crippen molar-refractivity contribution in [3.63, 3.8) is 0 Å². The van der Waals surface area contributed by atoms with Crippen LogP contribution in [0.3, 0.4) is 0 Å². The Morgan fingerprint density at radius 3 is 2.49 bits per heavy atom. The number of aromatic nitrogens is 5. The first-order valence-electron chi connectivity index (χ1n) is 12.2. The van der Waals surface area contributed by atoms with Crippen LogP contribution in [0.1, 0.15) is 36.2 Å². The van der Waals surface area contributed by atoms with Crippen LogP contribution in [0, 0.1) is 5.82 Å². The van der Waals surface area contributed by atoms with Gasteiger partial charge in [-0.1, -0.05) is 32.0 Å². The van der Waals surface area contributed by atoms with Crippen LogP contribution in [0.15, 0.2) is 61.1 Å². The largest absolute Gasteiger partial charge is 0.359 e. The van der Waals surface area contributed by atoms with E-state index >= 15 is 0 Å². The van der Waals surface area contributed by atoms with Crippen LogP contribution in [-0.2, 0) is 25.8 Å². The Morgan fingerprint density at radius 2 is 1.74 bits per heavy atom. The smallest absolute Gasteiger partial charge is 0.225 e. The lowest BCUT2D eigenvalue weighted by atomic mass is 9.97. The lowest BCUT2D eigenvalue weighted by molar-refractivity contribution is 0.637. The summed E-state index contributed by atoms with van der Waals surface area (Å²) in [5.74, 6) is 0.460. The number of anilines is 1. The van der Waals surface area contributed by atoms with E-state index in [0.29, 0.717) is 18.0 Å². The molecule has 4 heterocycles. The molecular formula is C28H27FN6. The van der Waals surface area contributed by atoms with Gasteiger partial charge in [0.25, 0.3) is 0 Å². The topological polar surface area (TPSA) is 62.6 Å². The summed E-state index contributed by atoms with van der Waals surface area (Å²) in [6.45, 7) is 5.80. The average molecular weight is 467 g/mol. The van der Waals surface area contributed by atoms with Gasteiger partial charge in [0.2, 0.25) is 5.95 Å². The van der Waals surface area contributed by atoms with E-state index in [4.69, 9.17) is 5.10 Å². The highest BCUT2D eigenvalue weighted by atomic mass is 19.1. The van der Waals surface area contributed by atoms with Crippen molar-refractivity contribution < 1.29 is 4.39 Å². The molecule has 0 unspecified atom stereocenters. The number of aryl methyl sites for hydroxylation is 2. The van der Waals surface area contributed by atoms with Crippen molar-refractivity contribution in [2.45, 2.75) is 39.7 Å². The minimum Gasteiger partial charge on any atom is -0.359 e. The van der Waals surface area contributed by atoms with Gasteiger partial charge in [-0.3, -0.25) is 0 Å². The van der Waals surface area contributed by atoms with Gasteiger partial charge in [-0.15, -0.1) is 0 Å². The summed E-state index contributed by atoms with van der Waals surface area (Å²) < 4.78 is 16.8. The Hall–Kier alpha value is -4.00. The lowest BCUT2D eigenvalue weighted by Crippen LogP contribution is -2.31. The normalized spacial score (nSPS) is 13.4. The molecule has 0 saturated heterocycles. The Morgan fingerprint density at radius 1 is 0.971 bits per heavy atom. The molecule has 0 bridgehead atoms. The predicted molar refractivity (Wildman–Crippen MR) is 136 cm³/mol. The standard InChI is InChI=1S/C28H27FN6/c1-3-18-7-5-8-19(4-2)26(18)35-27(21-9-10-23(29)25-20(21)11-15-30-25)22-17-34(16-12-24(22)33-35)28-31-13-6-14-32-28/h5-11,13-15,30H,3-4,12,16-17H2,1-2H3. The third kappa shape index (κ3) is 3.50. The highest BCUT2D eigenvalue weighted by Crippen LogP contribution is 2.39. The molecule has 6 rings (SSSR count). The Kier molecular flexibility index (Phi) is 5.32. The number of hydrogen-bond donors (Lipinski definition) is 1. The van der Waals surface area contributed by atoms with E-state index in [1.54, 1.807) is 24.7 Å². The molecule has 35 heavy (non-hydrogen) atoms. The molecule has 3 aromatic heterocycles. The summed E-state index contributed by atoms with van der Waals surface area (Å²) in [4.78, 5) is 14.2. The quantitative estimate of drug-likeness (QED) is 0.364.